The van der Waals surface area contributed by atoms with Crippen molar-refractivity contribution in [1.29, 1.82) is 0 Å². The van der Waals surface area contributed by atoms with Crippen LogP contribution < -0.4 is 11.1 Å². The van der Waals surface area contributed by atoms with Gasteiger partial charge in [-0.1, -0.05) is 0 Å². The summed E-state index contributed by atoms with van der Waals surface area (Å²) in [6.45, 7) is 3.89. The number of carbonyl (C=O) groups excluding carboxylic acids is 1. The maximum Gasteiger partial charge on any atom is 0.267 e. The zero-order valence-corrected chi connectivity index (χ0v) is 15.1. The molecule has 3 aromatic rings. The lowest BCUT2D eigenvalue weighted by Crippen LogP contribution is -2.12. The number of hydrogen-bond donors (Lipinski definition) is 2. The van der Waals surface area contributed by atoms with Crippen LogP contribution in [0.5, 0.6) is 0 Å². The summed E-state index contributed by atoms with van der Waals surface area (Å²) < 4.78 is 1.13. The van der Waals surface area contributed by atoms with Crippen LogP contribution in [-0.4, -0.2) is 10.9 Å². The standard InChI is InChI=1S/C16H14IN3OS/c1-8-7-10(17)4-6-12(8)20-15(21)14-13(18)11-5-3-9(2)19-16(11)22-14/h3-7H,18H2,1-2H3,(H,20,21). The number of nitrogens with two attached hydrogens (primary N) is 1. The molecule has 0 bridgehead atoms. The van der Waals surface area contributed by atoms with Crippen molar-refractivity contribution in [2.75, 3.05) is 11.1 Å². The molecule has 112 valence electrons. The fourth-order valence-electron chi connectivity index (χ4n) is 2.20. The number of carbonyl (C=O) groups is 1. The summed E-state index contributed by atoms with van der Waals surface area (Å²) >= 11 is 3.57. The Balaban J connectivity index is 1.97. The lowest BCUT2D eigenvalue weighted by Gasteiger charge is -2.08. The number of thiophene rings is 1. The molecule has 0 aliphatic carbocycles. The summed E-state index contributed by atoms with van der Waals surface area (Å²) in [6, 6.07) is 9.70. The average Bonchev–Trinajstić information content (AvgIpc) is 2.78. The number of fused-ring (bicyclic) bond motifs is 1. The highest BCUT2D eigenvalue weighted by Crippen LogP contribution is 2.33. The molecule has 0 aliphatic rings. The summed E-state index contributed by atoms with van der Waals surface area (Å²) in [7, 11) is 0. The topological polar surface area (TPSA) is 68.0 Å². The number of nitrogen functional groups attached to an aromatic ring is 1. The van der Waals surface area contributed by atoms with E-state index in [2.05, 4.69) is 32.9 Å². The van der Waals surface area contributed by atoms with Gasteiger partial charge in [-0.3, -0.25) is 4.79 Å². The van der Waals surface area contributed by atoms with Gasteiger partial charge in [0, 0.05) is 20.3 Å². The van der Waals surface area contributed by atoms with Gasteiger partial charge >= 0.3 is 0 Å². The number of nitrogens with zero attached hydrogens (tertiary/aromatic N) is 1. The van der Waals surface area contributed by atoms with Crippen LogP contribution in [0.15, 0.2) is 30.3 Å². The number of benzene rings is 1. The first kappa shape index (κ1) is 15.2. The van der Waals surface area contributed by atoms with E-state index in [0.29, 0.717) is 10.6 Å². The molecule has 0 aliphatic heterocycles. The van der Waals surface area contributed by atoms with Gasteiger partial charge in [0.2, 0.25) is 0 Å². The Hall–Kier alpha value is -1.67. The number of nitrogens with one attached hydrogen (secondary N) is 1. The molecule has 22 heavy (non-hydrogen) atoms. The maximum atomic E-state index is 12.5. The van der Waals surface area contributed by atoms with E-state index in [1.165, 1.54) is 11.3 Å². The number of anilines is 2. The highest BCUT2D eigenvalue weighted by atomic mass is 127. The van der Waals surface area contributed by atoms with E-state index in [4.69, 9.17) is 5.73 Å². The maximum absolute atomic E-state index is 12.5. The van der Waals surface area contributed by atoms with Crippen molar-refractivity contribution in [3.8, 4) is 0 Å². The van der Waals surface area contributed by atoms with Crippen LogP contribution in [0.4, 0.5) is 11.4 Å². The van der Waals surface area contributed by atoms with Crippen LogP contribution in [-0.2, 0) is 0 Å². The molecular weight excluding hydrogens is 409 g/mol. The number of rotatable bonds is 2. The van der Waals surface area contributed by atoms with Crippen LogP contribution in [0, 0.1) is 17.4 Å². The fourth-order valence-corrected chi connectivity index (χ4v) is 3.89. The average molecular weight is 423 g/mol. The van der Waals surface area contributed by atoms with Crippen molar-refractivity contribution in [3.05, 3.63) is 50.0 Å². The molecule has 2 heterocycles. The molecule has 0 saturated carbocycles. The van der Waals surface area contributed by atoms with Crippen LogP contribution in [0.1, 0.15) is 20.9 Å². The van der Waals surface area contributed by atoms with Gasteiger partial charge < -0.3 is 11.1 Å². The van der Waals surface area contributed by atoms with E-state index < -0.39 is 0 Å². The molecule has 0 fully saturated rings. The van der Waals surface area contributed by atoms with E-state index in [9.17, 15) is 4.79 Å². The van der Waals surface area contributed by atoms with Gasteiger partial charge in [-0.15, -0.1) is 11.3 Å². The van der Waals surface area contributed by atoms with Crippen LogP contribution in [0.2, 0.25) is 0 Å². The van der Waals surface area contributed by atoms with Crippen molar-refractivity contribution in [3.63, 3.8) is 0 Å². The molecule has 2 aromatic heterocycles. The molecule has 0 saturated heterocycles. The van der Waals surface area contributed by atoms with E-state index >= 15 is 0 Å². The second-order valence-corrected chi connectivity index (χ2v) is 7.31. The highest BCUT2D eigenvalue weighted by Gasteiger charge is 2.18. The predicted molar refractivity (Wildman–Crippen MR) is 101 cm³/mol. The molecule has 0 spiro atoms. The van der Waals surface area contributed by atoms with Gasteiger partial charge in [0.1, 0.15) is 9.71 Å². The zero-order valence-electron chi connectivity index (χ0n) is 12.1. The molecule has 1 amide bonds. The van der Waals surface area contributed by atoms with Crippen molar-refractivity contribution in [1.82, 2.24) is 4.98 Å². The largest absolute Gasteiger partial charge is 0.397 e. The SMILES string of the molecule is Cc1ccc2c(N)c(C(=O)Nc3ccc(I)cc3C)sc2n1. The minimum Gasteiger partial charge on any atom is -0.397 e. The summed E-state index contributed by atoms with van der Waals surface area (Å²) in [5.41, 5.74) is 9.34. The third kappa shape index (κ3) is 2.80. The van der Waals surface area contributed by atoms with Gasteiger partial charge in [0.25, 0.3) is 5.91 Å². The molecular formula is C16H14IN3OS. The monoisotopic (exact) mass is 423 g/mol. The van der Waals surface area contributed by atoms with E-state index in [1.807, 2.05) is 44.2 Å². The van der Waals surface area contributed by atoms with Crippen molar-refractivity contribution in [2.45, 2.75) is 13.8 Å². The van der Waals surface area contributed by atoms with Gasteiger partial charge in [-0.05, 0) is 72.3 Å². The summed E-state index contributed by atoms with van der Waals surface area (Å²) in [4.78, 5) is 18.2. The quantitative estimate of drug-likeness (QED) is 0.603. The first-order valence-corrected chi connectivity index (χ1v) is 8.58. The van der Waals surface area contributed by atoms with Crippen molar-refractivity contribution in [2.24, 2.45) is 0 Å². The molecule has 0 atom stereocenters. The second kappa shape index (κ2) is 5.85. The Morgan fingerprint density at radius 2 is 2.05 bits per heavy atom. The number of halogens is 1. The Kier molecular flexibility index (Phi) is 4.05. The minimum absolute atomic E-state index is 0.192. The molecule has 0 radical (unpaired) electrons. The number of pyridine rings is 1. The third-order valence-corrected chi connectivity index (χ3v) is 5.16. The second-order valence-electron chi connectivity index (χ2n) is 5.06. The van der Waals surface area contributed by atoms with Gasteiger partial charge in [-0.25, -0.2) is 4.98 Å². The van der Waals surface area contributed by atoms with E-state index in [1.54, 1.807) is 0 Å². The van der Waals surface area contributed by atoms with E-state index in [-0.39, 0.29) is 5.91 Å². The van der Waals surface area contributed by atoms with Crippen molar-refractivity contribution < 1.29 is 4.79 Å². The fraction of sp³-hybridized carbons (Fsp3) is 0.125. The highest BCUT2D eigenvalue weighted by molar-refractivity contribution is 14.1. The molecule has 4 nitrogen and oxygen atoms in total. The first-order valence-electron chi connectivity index (χ1n) is 6.69. The normalized spacial score (nSPS) is 10.9. The van der Waals surface area contributed by atoms with E-state index in [0.717, 1.165) is 30.7 Å². The molecule has 0 unspecified atom stereocenters. The van der Waals surface area contributed by atoms with Gasteiger partial charge in [0.15, 0.2) is 0 Å². The zero-order chi connectivity index (χ0) is 15.9. The third-order valence-electron chi connectivity index (χ3n) is 3.38. The number of aryl methyl sites for hydroxylation is 2. The Morgan fingerprint density at radius 3 is 2.77 bits per heavy atom. The predicted octanol–water partition coefficient (Wildman–Crippen LogP) is 4.35. The van der Waals surface area contributed by atoms with Crippen LogP contribution >= 0.6 is 33.9 Å². The number of amides is 1. The minimum atomic E-state index is -0.192. The number of aromatic nitrogens is 1. The summed E-state index contributed by atoms with van der Waals surface area (Å²) in [6.07, 6.45) is 0. The Morgan fingerprint density at radius 1 is 1.27 bits per heavy atom. The smallest absolute Gasteiger partial charge is 0.267 e. The molecule has 1 aromatic carbocycles. The van der Waals surface area contributed by atoms with Crippen molar-refractivity contribution >= 4 is 61.4 Å². The Bertz CT molecular complexity index is 888. The van der Waals surface area contributed by atoms with Crippen LogP contribution in [0.3, 0.4) is 0 Å². The van der Waals surface area contributed by atoms with Crippen LogP contribution in [0.25, 0.3) is 10.2 Å². The number of hydrogen-bond acceptors (Lipinski definition) is 4. The Labute approximate surface area is 145 Å². The summed E-state index contributed by atoms with van der Waals surface area (Å²) in [5, 5.41) is 3.76. The molecule has 3 rings (SSSR count). The van der Waals surface area contributed by atoms with Gasteiger partial charge in [-0.2, -0.15) is 0 Å². The lowest BCUT2D eigenvalue weighted by molar-refractivity contribution is 0.103. The molecule has 3 N–H and O–H groups in total. The first-order chi connectivity index (χ1) is 10.5. The van der Waals surface area contributed by atoms with Gasteiger partial charge in [0.05, 0.1) is 5.69 Å². The lowest BCUT2D eigenvalue weighted by atomic mass is 10.2. The molecule has 6 heteroatoms. The summed E-state index contributed by atoms with van der Waals surface area (Å²) in [5.74, 6) is -0.192.